The van der Waals surface area contributed by atoms with Crippen LogP contribution in [-0.2, 0) is 6.42 Å². The van der Waals surface area contributed by atoms with Gasteiger partial charge >= 0.3 is 0 Å². The second-order valence-electron chi connectivity index (χ2n) is 6.25. The van der Waals surface area contributed by atoms with Gasteiger partial charge in [-0.05, 0) is 68.5 Å². The minimum absolute atomic E-state index is 0.576. The molecule has 0 atom stereocenters. The number of rotatable bonds is 8. The lowest BCUT2D eigenvalue weighted by Crippen LogP contribution is -2.30. The number of aryl methyl sites for hydroxylation is 1. The van der Waals surface area contributed by atoms with E-state index in [9.17, 15) is 0 Å². The molecule has 1 aromatic rings. The van der Waals surface area contributed by atoms with Gasteiger partial charge in [-0.15, -0.1) is 11.3 Å². The lowest BCUT2D eigenvalue weighted by molar-refractivity contribution is 0.157. The van der Waals surface area contributed by atoms with Crippen molar-refractivity contribution in [1.82, 2.24) is 5.32 Å². The first kappa shape index (κ1) is 16.3. The molecule has 0 aromatic carbocycles. The van der Waals surface area contributed by atoms with E-state index in [1.165, 1.54) is 69.2 Å². The Kier molecular flexibility index (Phi) is 6.86. The SMILES string of the molecule is CCCNCCC1(CCc2sccc2Cl)CCCCC1. The lowest BCUT2D eigenvalue weighted by atomic mass is 9.69. The molecule has 1 saturated carbocycles. The Hall–Kier alpha value is -0.0500. The molecule has 0 saturated heterocycles. The molecule has 1 N–H and O–H groups in total. The van der Waals surface area contributed by atoms with Crippen LogP contribution in [0.15, 0.2) is 11.4 Å². The molecular formula is C17H28ClNS. The van der Waals surface area contributed by atoms with Crippen molar-refractivity contribution >= 4 is 22.9 Å². The van der Waals surface area contributed by atoms with Crippen molar-refractivity contribution in [3.05, 3.63) is 21.3 Å². The molecule has 0 spiro atoms. The third-order valence-electron chi connectivity index (χ3n) is 4.75. The van der Waals surface area contributed by atoms with E-state index in [1.807, 2.05) is 17.4 Å². The van der Waals surface area contributed by atoms with E-state index in [0.717, 1.165) is 11.6 Å². The highest BCUT2D eigenvalue weighted by atomic mass is 35.5. The molecule has 114 valence electrons. The summed E-state index contributed by atoms with van der Waals surface area (Å²) in [5.41, 5.74) is 0.576. The van der Waals surface area contributed by atoms with Crippen molar-refractivity contribution in [2.24, 2.45) is 5.41 Å². The number of thiophene rings is 1. The maximum absolute atomic E-state index is 6.25. The van der Waals surface area contributed by atoms with E-state index < -0.39 is 0 Å². The summed E-state index contributed by atoms with van der Waals surface area (Å²) in [6.45, 7) is 4.58. The zero-order valence-corrected chi connectivity index (χ0v) is 14.3. The summed E-state index contributed by atoms with van der Waals surface area (Å²) in [6, 6.07) is 2.04. The van der Waals surface area contributed by atoms with Crippen LogP contribution in [0.1, 0.15) is 63.2 Å². The molecule has 1 nitrogen and oxygen atoms in total. The largest absolute Gasteiger partial charge is 0.317 e. The fourth-order valence-electron chi connectivity index (χ4n) is 3.46. The first-order valence-corrected chi connectivity index (χ1v) is 9.44. The highest BCUT2D eigenvalue weighted by Gasteiger charge is 2.31. The van der Waals surface area contributed by atoms with E-state index in [-0.39, 0.29) is 0 Å². The van der Waals surface area contributed by atoms with Gasteiger partial charge in [0.1, 0.15) is 0 Å². The molecule has 3 heteroatoms. The highest BCUT2D eigenvalue weighted by molar-refractivity contribution is 7.10. The van der Waals surface area contributed by atoms with Gasteiger partial charge in [-0.1, -0.05) is 37.8 Å². The van der Waals surface area contributed by atoms with Crippen LogP contribution in [-0.4, -0.2) is 13.1 Å². The van der Waals surface area contributed by atoms with Crippen molar-refractivity contribution < 1.29 is 0 Å². The molecule has 1 aliphatic carbocycles. The van der Waals surface area contributed by atoms with E-state index in [4.69, 9.17) is 11.6 Å². The van der Waals surface area contributed by atoms with Gasteiger partial charge in [0, 0.05) is 4.88 Å². The van der Waals surface area contributed by atoms with Gasteiger partial charge in [-0.25, -0.2) is 0 Å². The van der Waals surface area contributed by atoms with Crippen LogP contribution in [0.25, 0.3) is 0 Å². The first-order valence-electron chi connectivity index (χ1n) is 8.18. The first-order chi connectivity index (χ1) is 9.76. The molecule has 2 rings (SSSR count). The summed E-state index contributed by atoms with van der Waals surface area (Å²) in [4.78, 5) is 1.39. The Labute approximate surface area is 133 Å². The maximum Gasteiger partial charge on any atom is 0.0544 e. The predicted molar refractivity (Wildman–Crippen MR) is 90.9 cm³/mol. The maximum atomic E-state index is 6.25. The van der Waals surface area contributed by atoms with Crippen molar-refractivity contribution in [2.75, 3.05) is 13.1 Å². The second kappa shape index (κ2) is 8.41. The van der Waals surface area contributed by atoms with Crippen molar-refractivity contribution in [3.63, 3.8) is 0 Å². The van der Waals surface area contributed by atoms with Gasteiger partial charge in [-0.2, -0.15) is 0 Å². The average Bonchev–Trinajstić information content (AvgIpc) is 2.88. The highest BCUT2D eigenvalue weighted by Crippen LogP contribution is 2.43. The summed E-state index contributed by atoms with van der Waals surface area (Å²) >= 11 is 8.07. The monoisotopic (exact) mass is 313 g/mol. The smallest absolute Gasteiger partial charge is 0.0544 e. The second-order valence-corrected chi connectivity index (χ2v) is 7.66. The number of hydrogen-bond acceptors (Lipinski definition) is 2. The molecule has 20 heavy (non-hydrogen) atoms. The Morgan fingerprint density at radius 3 is 2.65 bits per heavy atom. The van der Waals surface area contributed by atoms with Gasteiger partial charge in [0.15, 0.2) is 0 Å². The van der Waals surface area contributed by atoms with E-state index in [1.54, 1.807) is 0 Å². The predicted octanol–water partition coefficient (Wildman–Crippen LogP) is 5.67. The van der Waals surface area contributed by atoms with Crippen molar-refractivity contribution in [2.45, 2.75) is 64.7 Å². The van der Waals surface area contributed by atoms with Crippen LogP contribution in [0.5, 0.6) is 0 Å². The molecular weight excluding hydrogens is 286 g/mol. The Morgan fingerprint density at radius 1 is 1.20 bits per heavy atom. The Bertz CT molecular complexity index is 382. The van der Waals surface area contributed by atoms with Crippen LogP contribution in [0.4, 0.5) is 0 Å². The number of hydrogen-bond donors (Lipinski definition) is 1. The summed E-state index contributed by atoms with van der Waals surface area (Å²) in [5, 5.41) is 6.68. The van der Waals surface area contributed by atoms with E-state index in [0.29, 0.717) is 5.41 Å². The van der Waals surface area contributed by atoms with Crippen LogP contribution >= 0.6 is 22.9 Å². The van der Waals surface area contributed by atoms with Gasteiger partial charge in [0.2, 0.25) is 0 Å². The van der Waals surface area contributed by atoms with E-state index >= 15 is 0 Å². The van der Waals surface area contributed by atoms with Crippen LogP contribution in [0.3, 0.4) is 0 Å². The standard InChI is InChI=1S/C17H28ClNS/c1-2-12-19-13-11-17(8-4-3-5-9-17)10-6-16-15(18)7-14-20-16/h7,14,19H,2-6,8-13H2,1H3. The number of halogens is 1. The summed E-state index contributed by atoms with van der Waals surface area (Å²) in [5.74, 6) is 0. The minimum Gasteiger partial charge on any atom is -0.317 e. The third-order valence-corrected chi connectivity index (χ3v) is 6.19. The van der Waals surface area contributed by atoms with Crippen LogP contribution in [0.2, 0.25) is 5.02 Å². The lowest BCUT2D eigenvalue weighted by Gasteiger charge is -2.38. The number of nitrogens with one attached hydrogen (secondary N) is 1. The normalized spacial score (nSPS) is 18.3. The van der Waals surface area contributed by atoms with Gasteiger partial charge in [0.05, 0.1) is 5.02 Å². The molecule has 1 aromatic heterocycles. The van der Waals surface area contributed by atoms with E-state index in [2.05, 4.69) is 17.6 Å². The molecule has 1 fully saturated rings. The summed E-state index contributed by atoms with van der Waals surface area (Å²) < 4.78 is 0. The topological polar surface area (TPSA) is 12.0 Å². The van der Waals surface area contributed by atoms with Crippen LogP contribution < -0.4 is 5.32 Å². The molecule has 0 bridgehead atoms. The fourth-order valence-corrected chi connectivity index (χ4v) is 4.60. The van der Waals surface area contributed by atoms with Crippen molar-refractivity contribution in [1.29, 1.82) is 0 Å². The fraction of sp³-hybridized carbons (Fsp3) is 0.765. The quantitative estimate of drug-likeness (QED) is 0.609. The zero-order chi connectivity index (χ0) is 14.3. The van der Waals surface area contributed by atoms with Gasteiger partial charge in [0.25, 0.3) is 0 Å². The average molecular weight is 314 g/mol. The molecule has 0 aliphatic heterocycles. The molecule has 1 aliphatic rings. The van der Waals surface area contributed by atoms with Crippen LogP contribution in [0, 0.1) is 5.41 Å². The van der Waals surface area contributed by atoms with Gasteiger partial charge < -0.3 is 5.32 Å². The molecule has 1 heterocycles. The molecule has 0 radical (unpaired) electrons. The summed E-state index contributed by atoms with van der Waals surface area (Å²) in [6.07, 6.45) is 12.2. The summed E-state index contributed by atoms with van der Waals surface area (Å²) in [7, 11) is 0. The Morgan fingerprint density at radius 2 is 2.00 bits per heavy atom. The molecule has 0 amide bonds. The zero-order valence-electron chi connectivity index (χ0n) is 12.7. The molecule has 0 unspecified atom stereocenters. The Balaban J connectivity index is 1.87. The third kappa shape index (κ3) is 4.75. The van der Waals surface area contributed by atoms with Crippen molar-refractivity contribution in [3.8, 4) is 0 Å². The van der Waals surface area contributed by atoms with Gasteiger partial charge in [-0.3, -0.25) is 0 Å². The minimum atomic E-state index is 0.576.